The molecule has 3 rings (SSSR count). The first kappa shape index (κ1) is 13.9. The topological polar surface area (TPSA) is 52.9 Å². The number of oxime groups is 1. The van der Waals surface area contributed by atoms with Crippen molar-refractivity contribution in [3.63, 3.8) is 0 Å². The number of piperidine rings is 1. The molecule has 0 aromatic heterocycles. The molecule has 3 aliphatic rings. The largest absolute Gasteiger partial charge is 0.411 e. The summed E-state index contributed by atoms with van der Waals surface area (Å²) in [5, 5.41) is 12.4. The van der Waals surface area contributed by atoms with E-state index in [0.717, 1.165) is 49.9 Å². The lowest BCUT2D eigenvalue weighted by Crippen LogP contribution is -2.44. The molecular formula is C16H26N2O2. The SMILES string of the molecule is CCC1CN(C(=O)CC2CC3CCC2C3)CCC1=NO. The van der Waals surface area contributed by atoms with Crippen molar-refractivity contribution < 1.29 is 10.0 Å². The quantitative estimate of drug-likeness (QED) is 0.637. The van der Waals surface area contributed by atoms with Crippen LogP contribution in [0.1, 0.15) is 51.9 Å². The molecule has 2 aliphatic carbocycles. The van der Waals surface area contributed by atoms with E-state index in [2.05, 4.69) is 12.1 Å². The second-order valence-corrected chi connectivity index (χ2v) is 6.93. The zero-order chi connectivity index (χ0) is 14.1. The van der Waals surface area contributed by atoms with E-state index in [4.69, 9.17) is 5.21 Å². The Morgan fingerprint density at radius 1 is 1.40 bits per heavy atom. The lowest BCUT2D eigenvalue weighted by molar-refractivity contribution is -0.133. The van der Waals surface area contributed by atoms with E-state index < -0.39 is 0 Å². The van der Waals surface area contributed by atoms with Crippen LogP contribution in [-0.4, -0.2) is 34.8 Å². The van der Waals surface area contributed by atoms with Crippen LogP contribution < -0.4 is 0 Å². The lowest BCUT2D eigenvalue weighted by Gasteiger charge is -2.34. The fraction of sp³-hybridized carbons (Fsp3) is 0.875. The van der Waals surface area contributed by atoms with Crippen molar-refractivity contribution in [2.45, 2.75) is 51.9 Å². The van der Waals surface area contributed by atoms with E-state index in [0.29, 0.717) is 11.8 Å². The van der Waals surface area contributed by atoms with Gasteiger partial charge in [0.2, 0.25) is 5.91 Å². The third-order valence-electron chi connectivity index (χ3n) is 5.85. The summed E-state index contributed by atoms with van der Waals surface area (Å²) in [7, 11) is 0. The van der Waals surface area contributed by atoms with Crippen molar-refractivity contribution in [3.05, 3.63) is 0 Å². The van der Waals surface area contributed by atoms with Crippen LogP contribution in [0.25, 0.3) is 0 Å². The van der Waals surface area contributed by atoms with Gasteiger partial charge in [0.05, 0.1) is 5.71 Å². The molecule has 4 unspecified atom stereocenters. The molecule has 2 bridgehead atoms. The molecule has 3 fully saturated rings. The smallest absolute Gasteiger partial charge is 0.222 e. The van der Waals surface area contributed by atoms with Crippen molar-refractivity contribution >= 4 is 11.6 Å². The van der Waals surface area contributed by atoms with Crippen LogP contribution in [0.5, 0.6) is 0 Å². The summed E-state index contributed by atoms with van der Waals surface area (Å²) in [6, 6.07) is 0. The predicted octanol–water partition coefficient (Wildman–Crippen LogP) is 2.90. The van der Waals surface area contributed by atoms with Crippen molar-refractivity contribution in [1.29, 1.82) is 0 Å². The first-order chi connectivity index (χ1) is 9.71. The Balaban J connectivity index is 1.55. The van der Waals surface area contributed by atoms with Gasteiger partial charge in [-0.25, -0.2) is 0 Å². The molecule has 1 heterocycles. The van der Waals surface area contributed by atoms with Crippen LogP contribution in [0, 0.1) is 23.7 Å². The van der Waals surface area contributed by atoms with E-state index in [1.54, 1.807) is 0 Å². The molecule has 0 aromatic carbocycles. The highest BCUT2D eigenvalue weighted by Crippen LogP contribution is 2.49. The van der Waals surface area contributed by atoms with Crippen LogP contribution in [0.2, 0.25) is 0 Å². The fourth-order valence-corrected chi connectivity index (χ4v) is 4.62. The Labute approximate surface area is 121 Å². The highest BCUT2D eigenvalue weighted by Gasteiger charge is 2.41. The summed E-state index contributed by atoms with van der Waals surface area (Å²) in [6.07, 6.45) is 7.83. The van der Waals surface area contributed by atoms with Gasteiger partial charge in [-0.15, -0.1) is 0 Å². The Morgan fingerprint density at radius 2 is 2.25 bits per heavy atom. The molecule has 1 aliphatic heterocycles. The van der Waals surface area contributed by atoms with Crippen LogP contribution in [0.3, 0.4) is 0 Å². The van der Waals surface area contributed by atoms with E-state index in [1.165, 1.54) is 25.7 Å². The number of carbonyl (C=O) groups is 1. The standard InChI is InChI=1S/C16H26N2O2/c1-2-12-10-18(6-5-15(12)17-20)16(19)9-14-8-11-3-4-13(14)7-11/h11-14,20H,2-10H2,1H3. The van der Waals surface area contributed by atoms with Gasteiger partial charge in [0, 0.05) is 31.8 Å². The minimum atomic E-state index is 0.248. The molecule has 0 aromatic rings. The van der Waals surface area contributed by atoms with E-state index in [9.17, 15) is 4.79 Å². The second kappa shape index (κ2) is 5.74. The van der Waals surface area contributed by atoms with E-state index in [1.807, 2.05) is 4.90 Å². The van der Waals surface area contributed by atoms with Crippen molar-refractivity contribution in [3.8, 4) is 0 Å². The number of hydrogen-bond donors (Lipinski definition) is 1. The molecule has 20 heavy (non-hydrogen) atoms. The van der Waals surface area contributed by atoms with E-state index in [-0.39, 0.29) is 5.92 Å². The third-order valence-corrected chi connectivity index (χ3v) is 5.85. The monoisotopic (exact) mass is 278 g/mol. The summed E-state index contributed by atoms with van der Waals surface area (Å²) in [5.41, 5.74) is 0.872. The first-order valence-electron chi connectivity index (χ1n) is 8.19. The Hall–Kier alpha value is -1.06. The van der Waals surface area contributed by atoms with Crippen molar-refractivity contribution in [2.75, 3.05) is 13.1 Å². The first-order valence-corrected chi connectivity index (χ1v) is 8.19. The molecular weight excluding hydrogens is 252 g/mol. The van der Waals surface area contributed by atoms with Crippen LogP contribution >= 0.6 is 0 Å². The molecule has 112 valence electrons. The molecule has 2 saturated carbocycles. The number of hydrogen-bond acceptors (Lipinski definition) is 3. The summed E-state index contributed by atoms with van der Waals surface area (Å²) in [6.45, 7) is 3.57. The molecule has 0 radical (unpaired) electrons. The number of likely N-dealkylation sites (tertiary alicyclic amines) is 1. The van der Waals surface area contributed by atoms with Gasteiger partial charge in [0.25, 0.3) is 0 Å². The zero-order valence-electron chi connectivity index (χ0n) is 12.4. The van der Waals surface area contributed by atoms with Gasteiger partial charge in [0.1, 0.15) is 0 Å². The number of carbonyl (C=O) groups excluding carboxylic acids is 1. The van der Waals surface area contributed by atoms with Gasteiger partial charge in [-0.05, 0) is 43.4 Å². The van der Waals surface area contributed by atoms with Crippen LogP contribution in [0.15, 0.2) is 5.16 Å². The maximum atomic E-state index is 12.5. The third kappa shape index (κ3) is 2.57. The molecule has 1 N–H and O–H groups in total. The number of amides is 1. The highest BCUT2D eigenvalue weighted by atomic mass is 16.4. The zero-order valence-corrected chi connectivity index (χ0v) is 12.4. The van der Waals surface area contributed by atoms with Gasteiger partial charge >= 0.3 is 0 Å². The van der Waals surface area contributed by atoms with Crippen molar-refractivity contribution in [2.24, 2.45) is 28.8 Å². The average Bonchev–Trinajstić information content (AvgIpc) is 3.09. The van der Waals surface area contributed by atoms with Gasteiger partial charge in [-0.2, -0.15) is 0 Å². The van der Waals surface area contributed by atoms with Gasteiger partial charge < -0.3 is 10.1 Å². The minimum Gasteiger partial charge on any atom is -0.411 e. The van der Waals surface area contributed by atoms with E-state index >= 15 is 0 Å². The average molecular weight is 278 g/mol. The second-order valence-electron chi connectivity index (χ2n) is 6.93. The van der Waals surface area contributed by atoms with Gasteiger partial charge in [-0.3, -0.25) is 4.79 Å². The molecule has 4 heteroatoms. The Bertz CT molecular complexity index is 407. The predicted molar refractivity (Wildman–Crippen MR) is 77.8 cm³/mol. The van der Waals surface area contributed by atoms with Gasteiger partial charge in [-0.1, -0.05) is 18.5 Å². The number of rotatable bonds is 3. The maximum absolute atomic E-state index is 12.5. The molecule has 1 amide bonds. The lowest BCUT2D eigenvalue weighted by atomic mass is 9.85. The maximum Gasteiger partial charge on any atom is 0.222 e. The number of fused-ring (bicyclic) bond motifs is 2. The molecule has 4 atom stereocenters. The van der Waals surface area contributed by atoms with Crippen LogP contribution in [0.4, 0.5) is 0 Å². The summed E-state index contributed by atoms with van der Waals surface area (Å²) >= 11 is 0. The van der Waals surface area contributed by atoms with Crippen molar-refractivity contribution in [1.82, 2.24) is 4.90 Å². The number of nitrogens with zero attached hydrogens (tertiary/aromatic N) is 2. The fourth-order valence-electron chi connectivity index (χ4n) is 4.62. The molecule has 4 nitrogen and oxygen atoms in total. The normalized spacial score (nSPS) is 38.6. The van der Waals surface area contributed by atoms with Crippen LogP contribution in [-0.2, 0) is 4.79 Å². The Kier molecular flexibility index (Phi) is 3.99. The minimum absolute atomic E-state index is 0.248. The van der Waals surface area contributed by atoms with Gasteiger partial charge in [0.15, 0.2) is 0 Å². The Morgan fingerprint density at radius 3 is 2.85 bits per heavy atom. The highest BCUT2D eigenvalue weighted by molar-refractivity contribution is 5.89. The summed E-state index contributed by atoms with van der Waals surface area (Å²) in [5.74, 6) is 2.96. The molecule has 0 spiro atoms. The summed E-state index contributed by atoms with van der Waals surface area (Å²) in [4.78, 5) is 14.5. The molecule has 1 saturated heterocycles. The summed E-state index contributed by atoms with van der Waals surface area (Å²) < 4.78 is 0.